The molecule has 16 heteroatoms. The molecule has 0 radical (unpaired) electrons. The topological polar surface area (TPSA) is 206 Å². The van der Waals surface area contributed by atoms with Crippen LogP contribution in [0, 0.1) is 5.92 Å². The third kappa shape index (κ3) is 12.1. The van der Waals surface area contributed by atoms with E-state index in [1.165, 1.54) is 21.6 Å². The van der Waals surface area contributed by atoms with Gasteiger partial charge in [0.1, 0.15) is 48.3 Å². The summed E-state index contributed by atoms with van der Waals surface area (Å²) in [6.07, 6.45) is 3.03. The fourth-order valence-corrected chi connectivity index (χ4v) is 9.87. The minimum Gasteiger partial charge on any atom is -0.343 e. The normalized spacial score (nSPS) is 27.3. The average Bonchev–Trinajstić information content (AvgIpc) is 4.13. The van der Waals surface area contributed by atoms with Crippen molar-refractivity contribution in [3.8, 4) is 0 Å². The van der Waals surface area contributed by atoms with Gasteiger partial charge >= 0.3 is 0 Å². The molecule has 0 saturated carbocycles. The summed E-state index contributed by atoms with van der Waals surface area (Å²) in [6.45, 7) is 6.13. The van der Waals surface area contributed by atoms with Crippen molar-refractivity contribution in [3.63, 3.8) is 0 Å². The summed E-state index contributed by atoms with van der Waals surface area (Å²) in [5.41, 5.74) is 2.25. The van der Waals surface area contributed by atoms with Crippen LogP contribution < -0.4 is 26.6 Å². The minimum atomic E-state index is -1.19. The Hall–Kier alpha value is -6.58. The standard InChI is InChI=1S/C51H64N8O8/c1-32(2)28-39-50(66)58-26-15-24-43(58)48(64)56-40(31-36-20-11-6-12-21-36)51(67)59-27-14-23-42(59)46(62)54-38(30-35-18-9-5-10-19-35)45(61)53-37(29-34-16-7-4-8-17-34)44(60)52-33(3)49(65)57-25-13-22-41(57)47(63)55-39/h4-12,16-21,32-33,37-43H,13-15,22-31H2,1-3H3,(H,52,60)(H,53,61)(H,54,62)(H,55,63)(H,56,64)/t33-,37-,38-,39-,40-,41-,42-,43-/m0/s1. The van der Waals surface area contributed by atoms with E-state index in [1.54, 1.807) is 0 Å². The highest BCUT2D eigenvalue weighted by Gasteiger charge is 2.44. The second-order valence-electron chi connectivity index (χ2n) is 18.7. The predicted octanol–water partition coefficient (Wildman–Crippen LogP) is 2.19. The van der Waals surface area contributed by atoms with Crippen LogP contribution in [-0.2, 0) is 57.6 Å². The zero-order chi connectivity index (χ0) is 47.6. The van der Waals surface area contributed by atoms with Crippen molar-refractivity contribution >= 4 is 47.3 Å². The molecule has 0 bridgehead atoms. The maximum atomic E-state index is 14.8. The molecule has 4 aliphatic rings. The lowest BCUT2D eigenvalue weighted by Crippen LogP contribution is -2.61. The second kappa shape index (κ2) is 22.3. The predicted molar refractivity (Wildman–Crippen MR) is 249 cm³/mol. The molecule has 0 spiro atoms. The van der Waals surface area contributed by atoms with Crippen LogP contribution in [0.4, 0.5) is 0 Å². The zero-order valence-corrected chi connectivity index (χ0v) is 38.7. The third-order valence-corrected chi connectivity index (χ3v) is 13.3. The molecule has 7 rings (SSSR count). The highest BCUT2D eigenvalue weighted by molar-refractivity contribution is 5.99. The van der Waals surface area contributed by atoms with Gasteiger partial charge in [0.05, 0.1) is 0 Å². The van der Waals surface area contributed by atoms with Gasteiger partial charge in [-0.3, -0.25) is 38.4 Å². The first-order chi connectivity index (χ1) is 32.3. The SMILES string of the molecule is CC(C)C[C@@H]1NC(=O)[C@@H]2CCCN2C(=O)[C@H](C)NC(=O)[C@H](Cc2ccccc2)NC(=O)[C@H](Cc2ccccc2)NC(=O)[C@@H]2CCCN2C(=O)[C@H](Cc2ccccc2)NC(=O)[C@@H]2CCCN2C1=O. The van der Waals surface area contributed by atoms with Crippen molar-refractivity contribution in [2.75, 3.05) is 19.6 Å². The number of nitrogens with one attached hydrogen (secondary N) is 5. The van der Waals surface area contributed by atoms with E-state index >= 15 is 0 Å². The molecule has 356 valence electrons. The van der Waals surface area contributed by atoms with E-state index in [0.29, 0.717) is 38.5 Å². The van der Waals surface area contributed by atoms with Gasteiger partial charge in [-0.1, -0.05) is 105 Å². The number of rotatable bonds is 8. The number of hydrogen-bond donors (Lipinski definition) is 5. The lowest BCUT2D eigenvalue weighted by atomic mass is 10.0. The molecule has 8 atom stereocenters. The monoisotopic (exact) mass is 916 g/mol. The molecule has 4 aliphatic heterocycles. The highest BCUT2D eigenvalue weighted by atomic mass is 16.2. The highest BCUT2D eigenvalue weighted by Crippen LogP contribution is 2.25. The largest absolute Gasteiger partial charge is 0.343 e. The summed E-state index contributed by atoms with van der Waals surface area (Å²) < 4.78 is 0. The number of fused-ring (bicyclic) bond motifs is 3. The molecule has 5 N–H and O–H groups in total. The van der Waals surface area contributed by atoms with Crippen molar-refractivity contribution in [3.05, 3.63) is 108 Å². The van der Waals surface area contributed by atoms with Crippen LogP contribution in [-0.4, -0.2) is 130 Å². The fraction of sp³-hybridized carbons (Fsp3) is 0.490. The second-order valence-corrected chi connectivity index (χ2v) is 18.7. The minimum absolute atomic E-state index is 0.0241. The summed E-state index contributed by atoms with van der Waals surface area (Å²) in [5, 5.41) is 14.5. The Kier molecular flexibility index (Phi) is 16.1. The van der Waals surface area contributed by atoms with Gasteiger partial charge in [0.2, 0.25) is 47.3 Å². The van der Waals surface area contributed by atoms with Crippen LogP contribution in [0.2, 0.25) is 0 Å². The first-order valence-corrected chi connectivity index (χ1v) is 23.8. The van der Waals surface area contributed by atoms with Crippen LogP contribution >= 0.6 is 0 Å². The Morgan fingerprint density at radius 1 is 0.433 bits per heavy atom. The van der Waals surface area contributed by atoms with Crippen molar-refractivity contribution in [1.29, 1.82) is 0 Å². The Labute approximate surface area is 392 Å². The van der Waals surface area contributed by atoms with Crippen molar-refractivity contribution in [2.24, 2.45) is 5.92 Å². The van der Waals surface area contributed by atoms with E-state index in [2.05, 4.69) is 26.6 Å². The van der Waals surface area contributed by atoms with Gasteiger partial charge in [0, 0.05) is 38.9 Å². The lowest BCUT2D eigenvalue weighted by Gasteiger charge is -2.33. The first kappa shape index (κ1) is 48.4. The molecule has 8 amide bonds. The van der Waals surface area contributed by atoms with E-state index in [1.807, 2.05) is 105 Å². The molecule has 0 unspecified atom stereocenters. The van der Waals surface area contributed by atoms with Crippen LogP contribution in [0.5, 0.6) is 0 Å². The third-order valence-electron chi connectivity index (χ3n) is 13.3. The van der Waals surface area contributed by atoms with Gasteiger partial charge in [-0.2, -0.15) is 0 Å². The molecule has 4 saturated heterocycles. The van der Waals surface area contributed by atoms with Crippen LogP contribution in [0.1, 0.15) is 82.4 Å². The molecule has 4 heterocycles. The van der Waals surface area contributed by atoms with Gasteiger partial charge in [0.25, 0.3) is 0 Å². The zero-order valence-electron chi connectivity index (χ0n) is 38.7. The molecule has 0 aliphatic carbocycles. The van der Waals surface area contributed by atoms with Crippen molar-refractivity contribution < 1.29 is 38.4 Å². The number of nitrogens with zero attached hydrogens (tertiary/aromatic N) is 3. The number of carbonyl (C=O) groups excluding carboxylic acids is 8. The summed E-state index contributed by atoms with van der Waals surface area (Å²) in [7, 11) is 0. The molecular formula is C51H64N8O8. The maximum Gasteiger partial charge on any atom is 0.246 e. The van der Waals surface area contributed by atoms with Crippen LogP contribution in [0.15, 0.2) is 91.0 Å². The summed E-state index contributed by atoms with van der Waals surface area (Å²) in [5.74, 6) is -4.29. The van der Waals surface area contributed by atoms with E-state index < -0.39 is 95.6 Å². The number of amides is 8. The van der Waals surface area contributed by atoms with Gasteiger partial charge in [-0.15, -0.1) is 0 Å². The quantitative estimate of drug-likeness (QED) is 0.226. The average molecular weight is 917 g/mol. The smallest absolute Gasteiger partial charge is 0.246 e. The molecule has 16 nitrogen and oxygen atoms in total. The van der Waals surface area contributed by atoms with Gasteiger partial charge < -0.3 is 41.3 Å². The molecule has 3 aromatic rings. The van der Waals surface area contributed by atoms with E-state index in [-0.39, 0.29) is 51.2 Å². The Morgan fingerprint density at radius 2 is 0.761 bits per heavy atom. The number of carbonyl (C=O) groups is 8. The van der Waals surface area contributed by atoms with Crippen LogP contribution in [0.25, 0.3) is 0 Å². The van der Waals surface area contributed by atoms with Crippen molar-refractivity contribution in [1.82, 2.24) is 41.3 Å². The lowest BCUT2D eigenvalue weighted by molar-refractivity contribution is -0.145. The van der Waals surface area contributed by atoms with Gasteiger partial charge in [-0.05, 0) is 74.5 Å². The number of hydrogen-bond acceptors (Lipinski definition) is 8. The molecule has 67 heavy (non-hydrogen) atoms. The van der Waals surface area contributed by atoms with E-state index in [0.717, 1.165) is 16.7 Å². The van der Waals surface area contributed by atoms with Crippen molar-refractivity contribution in [2.45, 2.75) is 133 Å². The van der Waals surface area contributed by atoms with E-state index in [4.69, 9.17) is 0 Å². The molecule has 0 aromatic heterocycles. The number of benzene rings is 3. The Bertz CT molecular complexity index is 2260. The Balaban J connectivity index is 1.25. The Morgan fingerprint density at radius 3 is 1.18 bits per heavy atom. The first-order valence-electron chi connectivity index (χ1n) is 23.8. The summed E-state index contributed by atoms with van der Waals surface area (Å²) in [6, 6.07) is 19.0. The van der Waals surface area contributed by atoms with Gasteiger partial charge in [-0.25, -0.2) is 0 Å². The maximum absolute atomic E-state index is 14.8. The summed E-state index contributed by atoms with van der Waals surface area (Å²) >= 11 is 0. The molecule has 4 fully saturated rings. The summed E-state index contributed by atoms with van der Waals surface area (Å²) in [4.78, 5) is 120. The molecule has 3 aromatic carbocycles. The van der Waals surface area contributed by atoms with Gasteiger partial charge in [0.15, 0.2) is 0 Å². The van der Waals surface area contributed by atoms with Crippen LogP contribution in [0.3, 0.4) is 0 Å². The fourth-order valence-electron chi connectivity index (χ4n) is 9.87. The molecular weight excluding hydrogens is 853 g/mol. The van der Waals surface area contributed by atoms with E-state index in [9.17, 15) is 38.4 Å².